The summed E-state index contributed by atoms with van der Waals surface area (Å²) >= 11 is 1.18. The van der Waals surface area contributed by atoms with Crippen LogP contribution >= 0.6 is 11.3 Å². The van der Waals surface area contributed by atoms with Crippen molar-refractivity contribution in [1.82, 2.24) is 9.80 Å². The number of carbonyl (C=O) groups is 3. The molecule has 0 radical (unpaired) electrons. The van der Waals surface area contributed by atoms with Crippen molar-refractivity contribution in [1.29, 1.82) is 5.41 Å². The molecule has 0 aliphatic carbocycles. The lowest BCUT2D eigenvalue weighted by Gasteiger charge is -2.28. The van der Waals surface area contributed by atoms with E-state index in [0.717, 1.165) is 17.4 Å². The van der Waals surface area contributed by atoms with E-state index in [-0.39, 0.29) is 34.5 Å². The van der Waals surface area contributed by atoms with Gasteiger partial charge < -0.3 is 20.5 Å². The van der Waals surface area contributed by atoms with Crippen LogP contribution in [0, 0.1) is 11.2 Å². The van der Waals surface area contributed by atoms with Gasteiger partial charge in [0.1, 0.15) is 17.3 Å². The minimum absolute atomic E-state index is 0.147. The third-order valence-electron chi connectivity index (χ3n) is 5.30. The molecule has 34 heavy (non-hydrogen) atoms. The SMILES string of the molecule is C=CCN(CC(=O)O)C(=O)[C@@H]1CCCN1Cc1ccc(C(=O)Oc2ccc(C(=N)N)cc2F)s1. The average Bonchev–Trinajstić information content (AvgIpc) is 3.44. The van der Waals surface area contributed by atoms with Gasteiger partial charge in [0.2, 0.25) is 5.91 Å². The molecule has 1 aromatic heterocycles. The van der Waals surface area contributed by atoms with E-state index in [2.05, 4.69) is 6.58 Å². The number of aliphatic carboxylic acids is 1. The molecule has 1 fully saturated rings. The molecule has 1 aliphatic heterocycles. The highest BCUT2D eigenvalue weighted by atomic mass is 32.1. The Labute approximate surface area is 199 Å². The predicted octanol–water partition coefficient (Wildman–Crippen LogP) is 2.45. The number of ether oxygens (including phenoxy) is 1. The van der Waals surface area contributed by atoms with E-state index in [0.29, 0.717) is 19.5 Å². The van der Waals surface area contributed by atoms with Crippen LogP contribution in [0.2, 0.25) is 0 Å². The van der Waals surface area contributed by atoms with Crippen LogP contribution in [-0.4, -0.2) is 64.3 Å². The number of carboxylic acids is 1. The molecule has 11 heteroatoms. The Bertz CT molecular complexity index is 1120. The van der Waals surface area contributed by atoms with Crippen molar-refractivity contribution in [2.45, 2.75) is 25.4 Å². The summed E-state index contributed by atoms with van der Waals surface area (Å²) in [5, 5.41) is 16.4. The summed E-state index contributed by atoms with van der Waals surface area (Å²) in [5.41, 5.74) is 5.51. The number of nitrogens with two attached hydrogens (primary N) is 1. The lowest BCUT2D eigenvalue weighted by atomic mass is 10.2. The number of hydrogen-bond acceptors (Lipinski definition) is 7. The van der Waals surface area contributed by atoms with Gasteiger partial charge in [-0.05, 0) is 49.7 Å². The summed E-state index contributed by atoms with van der Waals surface area (Å²) in [7, 11) is 0. The fourth-order valence-electron chi connectivity index (χ4n) is 3.73. The number of nitrogen functional groups attached to an aromatic ring is 1. The molecule has 1 aliphatic rings. The normalized spacial score (nSPS) is 15.6. The van der Waals surface area contributed by atoms with E-state index in [1.807, 2.05) is 4.90 Å². The molecular formula is C23H25FN4O5S. The molecule has 1 aromatic carbocycles. The van der Waals surface area contributed by atoms with Crippen molar-refractivity contribution >= 4 is 35.0 Å². The van der Waals surface area contributed by atoms with Gasteiger partial charge in [0.25, 0.3) is 0 Å². The maximum Gasteiger partial charge on any atom is 0.353 e. The first-order chi connectivity index (χ1) is 16.2. The van der Waals surface area contributed by atoms with Crippen LogP contribution in [0.15, 0.2) is 43.0 Å². The third-order valence-corrected chi connectivity index (χ3v) is 6.35. The quantitative estimate of drug-likeness (QED) is 0.154. The van der Waals surface area contributed by atoms with E-state index in [1.54, 1.807) is 12.1 Å². The molecule has 1 amide bonds. The summed E-state index contributed by atoms with van der Waals surface area (Å²) in [6.07, 6.45) is 2.90. The molecule has 0 spiro atoms. The highest BCUT2D eigenvalue weighted by molar-refractivity contribution is 7.13. The van der Waals surface area contributed by atoms with Crippen LogP contribution in [0.4, 0.5) is 4.39 Å². The molecule has 2 heterocycles. The molecule has 0 saturated carbocycles. The summed E-state index contributed by atoms with van der Waals surface area (Å²) in [5.74, 6) is -3.45. The van der Waals surface area contributed by atoms with Crippen LogP contribution in [-0.2, 0) is 16.1 Å². The Morgan fingerprint density at radius 1 is 1.35 bits per heavy atom. The smallest absolute Gasteiger partial charge is 0.353 e. The number of amidine groups is 1. The standard InChI is InChI=1S/C23H25FN4O5S/c1-2-9-28(13-20(29)30)22(31)17-4-3-10-27(17)12-15-6-8-19(34-15)23(32)33-18-7-5-14(21(25)26)11-16(18)24/h2,5-8,11,17H,1,3-4,9-10,12-13H2,(H3,25,26)(H,29,30)/t17-/m0/s1. The first kappa shape index (κ1) is 25.1. The highest BCUT2D eigenvalue weighted by Crippen LogP contribution is 2.27. The highest BCUT2D eigenvalue weighted by Gasteiger charge is 2.34. The monoisotopic (exact) mass is 488 g/mol. The number of carbonyl (C=O) groups excluding carboxylic acids is 2. The van der Waals surface area contributed by atoms with E-state index in [1.165, 1.54) is 34.4 Å². The van der Waals surface area contributed by atoms with Gasteiger partial charge in [-0.2, -0.15) is 0 Å². The molecular weight excluding hydrogens is 463 g/mol. The second-order valence-corrected chi connectivity index (χ2v) is 8.91. The van der Waals surface area contributed by atoms with E-state index < -0.39 is 30.3 Å². The molecule has 4 N–H and O–H groups in total. The number of halogens is 1. The van der Waals surface area contributed by atoms with Gasteiger partial charge in [-0.1, -0.05) is 6.08 Å². The molecule has 1 saturated heterocycles. The maximum absolute atomic E-state index is 14.2. The predicted molar refractivity (Wildman–Crippen MR) is 125 cm³/mol. The summed E-state index contributed by atoms with van der Waals surface area (Å²) in [4.78, 5) is 40.8. The first-order valence-corrected chi connectivity index (χ1v) is 11.3. The van der Waals surface area contributed by atoms with Gasteiger partial charge in [-0.25, -0.2) is 9.18 Å². The van der Waals surface area contributed by atoms with E-state index in [9.17, 15) is 18.8 Å². The number of rotatable bonds is 10. The zero-order chi connectivity index (χ0) is 24.8. The molecule has 0 bridgehead atoms. The van der Waals surface area contributed by atoms with Gasteiger partial charge in [0, 0.05) is 23.5 Å². The fraction of sp³-hybridized carbons (Fsp3) is 0.304. The fourth-order valence-corrected chi connectivity index (χ4v) is 4.64. The molecule has 1 atom stereocenters. The summed E-state index contributed by atoms with van der Waals surface area (Å²) in [6, 6.07) is 6.52. The zero-order valence-electron chi connectivity index (χ0n) is 18.3. The van der Waals surface area contributed by atoms with E-state index in [4.69, 9.17) is 21.0 Å². The van der Waals surface area contributed by atoms with Crippen molar-refractivity contribution < 1.29 is 28.6 Å². The molecule has 9 nitrogen and oxygen atoms in total. The molecule has 2 aromatic rings. The largest absolute Gasteiger partial charge is 0.480 e. The number of nitrogens with zero attached hydrogens (tertiary/aromatic N) is 2. The second kappa shape index (κ2) is 11.0. The molecule has 0 unspecified atom stereocenters. The third kappa shape index (κ3) is 6.06. The Hall–Kier alpha value is -3.57. The van der Waals surface area contributed by atoms with E-state index >= 15 is 0 Å². The first-order valence-electron chi connectivity index (χ1n) is 10.5. The number of nitrogens with one attached hydrogen (secondary N) is 1. The van der Waals surface area contributed by atoms with Crippen LogP contribution < -0.4 is 10.5 Å². The van der Waals surface area contributed by atoms with Crippen molar-refractivity contribution in [2.75, 3.05) is 19.6 Å². The Kier molecular flexibility index (Phi) is 8.13. The Balaban J connectivity index is 1.66. The lowest BCUT2D eigenvalue weighted by Crippen LogP contribution is -2.47. The lowest BCUT2D eigenvalue weighted by molar-refractivity contribution is -0.146. The minimum Gasteiger partial charge on any atom is -0.480 e. The molecule has 180 valence electrons. The number of hydrogen-bond donors (Lipinski definition) is 3. The number of esters is 1. The number of benzene rings is 1. The number of carboxylic acid groups (broad SMARTS) is 1. The van der Waals surface area contributed by atoms with Gasteiger partial charge >= 0.3 is 11.9 Å². The molecule has 3 rings (SSSR count). The summed E-state index contributed by atoms with van der Waals surface area (Å²) in [6.45, 7) is 4.41. The average molecular weight is 489 g/mol. The van der Waals surface area contributed by atoms with Crippen molar-refractivity contribution in [3.05, 3.63) is 64.1 Å². The topological polar surface area (TPSA) is 137 Å². The van der Waals surface area contributed by atoms with Crippen molar-refractivity contribution in [3.63, 3.8) is 0 Å². The maximum atomic E-state index is 14.2. The van der Waals surface area contributed by atoms with Gasteiger partial charge in [-0.3, -0.25) is 19.9 Å². The Morgan fingerprint density at radius 2 is 2.12 bits per heavy atom. The second-order valence-electron chi connectivity index (χ2n) is 7.74. The van der Waals surface area contributed by atoms with Crippen molar-refractivity contribution in [3.8, 4) is 5.75 Å². The minimum atomic E-state index is -1.09. The van der Waals surface area contributed by atoms with Gasteiger partial charge in [0.05, 0.1) is 6.04 Å². The van der Waals surface area contributed by atoms with Gasteiger partial charge in [0.15, 0.2) is 11.6 Å². The van der Waals surface area contributed by atoms with Crippen LogP contribution in [0.5, 0.6) is 5.75 Å². The summed E-state index contributed by atoms with van der Waals surface area (Å²) < 4.78 is 19.3. The number of likely N-dealkylation sites (tertiary alicyclic amines) is 1. The van der Waals surface area contributed by atoms with Crippen molar-refractivity contribution in [2.24, 2.45) is 5.73 Å². The van der Waals surface area contributed by atoms with Crippen LogP contribution in [0.1, 0.15) is 33.0 Å². The zero-order valence-corrected chi connectivity index (χ0v) is 19.1. The number of amides is 1. The number of thiophene rings is 1. The Morgan fingerprint density at radius 3 is 2.76 bits per heavy atom. The van der Waals surface area contributed by atoms with Gasteiger partial charge in [-0.15, -0.1) is 17.9 Å². The van der Waals surface area contributed by atoms with Crippen LogP contribution in [0.25, 0.3) is 0 Å². The van der Waals surface area contributed by atoms with Crippen LogP contribution in [0.3, 0.4) is 0 Å².